The van der Waals surface area contributed by atoms with Crippen molar-refractivity contribution < 1.29 is 17.6 Å². The largest absolute Gasteiger partial charge is 0.416 e. The molecule has 0 saturated heterocycles. The minimum atomic E-state index is -4.43. The average Bonchev–Trinajstić information content (AvgIpc) is 3.05. The van der Waals surface area contributed by atoms with E-state index in [-0.39, 0.29) is 10.5 Å². The molecule has 8 heteroatoms. The molecule has 0 radical (unpaired) electrons. The number of nitrogens with zero attached hydrogens (tertiary/aromatic N) is 2. The molecule has 0 saturated carbocycles. The molecule has 0 amide bonds. The van der Waals surface area contributed by atoms with Gasteiger partial charge in [0.2, 0.25) is 0 Å². The quantitative estimate of drug-likeness (QED) is 0.514. The molecule has 124 valence electrons. The van der Waals surface area contributed by atoms with E-state index in [4.69, 9.17) is 11.6 Å². The molecule has 2 aromatic carbocycles. The fourth-order valence-electron chi connectivity index (χ4n) is 2.88. The Balaban J connectivity index is 1.89. The van der Waals surface area contributed by atoms with Crippen LogP contribution >= 0.6 is 23.4 Å². The monoisotopic (exact) mass is 372 g/mol. The Labute approximate surface area is 143 Å². The normalized spacial score (nSPS) is 17.5. The van der Waals surface area contributed by atoms with Crippen molar-refractivity contribution in [3.63, 3.8) is 0 Å². The highest BCUT2D eigenvalue weighted by atomic mass is 35.5. The molecule has 24 heavy (non-hydrogen) atoms. The zero-order chi connectivity index (χ0) is 17.1. The molecular weight excluding hydrogens is 364 g/mol. The van der Waals surface area contributed by atoms with Gasteiger partial charge < -0.3 is 4.57 Å². The Kier molecular flexibility index (Phi) is 3.54. The number of hydrogen-bond donors (Lipinski definition) is 0. The maximum atomic E-state index is 14.2. The van der Waals surface area contributed by atoms with Crippen molar-refractivity contribution in [3.8, 4) is 0 Å². The van der Waals surface area contributed by atoms with Crippen molar-refractivity contribution in [1.29, 1.82) is 0 Å². The lowest BCUT2D eigenvalue weighted by Gasteiger charge is -2.16. The smallest absolute Gasteiger partial charge is 0.310 e. The summed E-state index contributed by atoms with van der Waals surface area (Å²) in [4.78, 5) is 4.28. The maximum Gasteiger partial charge on any atom is 0.416 e. The van der Waals surface area contributed by atoms with Gasteiger partial charge in [-0.3, -0.25) is 0 Å². The summed E-state index contributed by atoms with van der Waals surface area (Å²) in [5.74, 6) is 0.644. The molecule has 0 fully saturated rings. The molecule has 0 bridgehead atoms. The highest BCUT2D eigenvalue weighted by Gasteiger charge is 2.34. The van der Waals surface area contributed by atoms with Crippen LogP contribution in [-0.2, 0) is 11.9 Å². The number of rotatable bonds is 1. The summed E-state index contributed by atoms with van der Waals surface area (Å²) in [5, 5.41) is -0.162. The third-order valence-electron chi connectivity index (χ3n) is 3.94. The van der Waals surface area contributed by atoms with Crippen LogP contribution in [0.3, 0.4) is 0 Å². The van der Waals surface area contributed by atoms with E-state index >= 15 is 0 Å². The summed E-state index contributed by atoms with van der Waals surface area (Å²) >= 11 is 7.58. The van der Waals surface area contributed by atoms with Gasteiger partial charge in [0.05, 0.1) is 22.3 Å². The third-order valence-corrected chi connectivity index (χ3v) is 5.46. The number of alkyl halides is 3. The Hall–Kier alpha value is -1.73. The fraction of sp³-hybridized carbons (Fsp3) is 0.188. The first-order chi connectivity index (χ1) is 11.4. The molecule has 2 nitrogen and oxygen atoms in total. The molecule has 4 rings (SSSR count). The number of hydrogen-bond acceptors (Lipinski definition) is 2. The second-order valence-corrected chi connectivity index (χ2v) is 6.87. The van der Waals surface area contributed by atoms with Crippen molar-refractivity contribution in [2.24, 2.45) is 0 Å². The first kappa shape index (κ1) is 15.8. The minimum Gasteiger partial charge on any atom is -0.310 e. The molecule has 1 aromatic heterocycles. The van der Waals surface area contributed by atoms with Crippen molar-refractivity contribution >= 4 is 34.4 Å². The predicted octanol–water partition coefficient (Wildman–Crippen LogP) is 5.64. The third kappa shape index (κ3) is 2.38. The number of fused-ring (bicyclic) bond motifs is 3. The summed E-state index contributed by atoms with van der Waals surface area (Å²) in [6, 6.07) is 7.84. The predicted molar refractivity (Wildman–Crippen MR) is 85.6 cm³/mol. The lowest BCUT2D eigenvalue weighted by molar-refractivity contribution is -0.137. The average molecular weight is 373 g/mol. The van der Waals surface area contributed by atoms with Gasteiger partial charge in [0.15, 0.2) is 0 Å². The second-order valence-electron chi connectivity index (χ2n) is 5.40. The van der Waals surface area contributed by atoms with Gasteiger partial charge in [0.1, 0.15) is 17.0 Å². The number of thioether (sulfide) groups is 1. The zero-order valence-electron chi connectivity index (χ0n) is 11.9. The Morgan fingerprint density at radius 1 is 1.21 bits per heavy atom. The van der Waals surface area contributed by atoms with Crippen LogP contribution in [0.4, 0.5) is 17.6 Å². The van der Waals surface area contributed by atoms with Crippen LogP contribution in [0, 0.1) is 5.82 Å². The van der Waals surface area contributed by atoms with Crippen LogP contribution in [-0.4, -0.2) is 9.55 Å². The standard InChI is InChI=1S/C16H9ClF4N2S/c17-9-2-1-3-10(18)14(9)15-23-12-5-4-8(16(19,20)21)6-11(12)22-13(23)7-24-15/h1-6,15H,7H2. The van der Waals surface area contributed by atoms with Crippen molar-refractivity contribution in [3.05, 3.63) is 64.2 Å². The Morgan fingerprint density at radius 3 is 2.71 bits per heavy atom. The molecule has 1 aliphatic heterocycles. The Bertz CT molecular complexity index is 931. The van der Waals surface area contributed by atoms with E-state index in [1.165, 1.54) is 30.0 Å². The molecule has 2 heterocycles. The van der Waals surface area contributed by atoms with Crippen molar-refractivity contribution in [2.45, 2.75) is 17.3 Å². The molecule has 0 N–H and O–H groups in total. The number of halogens is 5. The van der Waals surface area contributed by atoms with Gasteiger partial charge in [-0.25, -0.2) is 9.37 Å². The van der Waals surface area contributed by atoms with Gasteiger partial charge in [0.25, 0.3) is 0 Å². The molecule has 3 aromatic rings. The molecule has 1 atom stereocenters. The summed E-state index contributed by atoms with van der Waals surface area (Å²) < 4.78 is 54.6. The van der Waals surface area contributed by atoms with Crippen LogP contribution in [0.25, 0.3) is 11.0 Å². The van der Waals surface area contributed by atoms with Crippen LogP contribution in [0.2, 0.25) is 5.02 Å². The van der Waals surface area contributed by atoms with Gasteiger partial charge in [-0.1, -0.05) is 17.7 Å². The SMILES string of the molecule is Fc1cccc(Cl)c1C1SCc2nc3cc(C(F)(F)F)ccc3n21. The highest BCUT2D eigenvalue weighted by Crippen LogP contribution is 2.46. The summed E-state index contributed by atoms with van der Waals surface area (Å²) in [6.45, 7) is 0. The van der Waals surface area contributed by atoms with Crippen molar-refractivity contribution in [1.82, 2.24) is 9.55 Å². The molecule has 0 aliphatic carbocycles. The first-order valence-electron chi connectivity index (χ1n) is 7.00. The van der Waals surface area contributed by atoms with E-state index in [1.54, 1.807) is 10.6 Å². The second kappa shape index (κ2) is 5.39. The molecular formula is C16H9ClF4N2S. The van der Waals surface area contributed by atoms with Gasteiger partial charge in [-0.15, -0.1) is 11.8 Å². The van der Waals surface area contributed by atoms with Crippen LogP contribution in [0.15, 0.2) is 36.4 Å². The van der Waals surface area contributed by atoms with E-state index in [1.807, 2.05) is 0 Å². The van der Waals surface area contributed by atoms with Gasteiger partial charge in [0, 0.05) is 10.6 Å². The first-order valence-corrected chi connectivity index (χ1v) is 8.42. The number of benzene rings is 2. The zero-order valence-corrected chi connectivity index (χ0v) is 13.5. The van der Waals surface area contributed by atoms with E-state index in [0.29, 0.717) is 22.7 Å². The topological polar surface area (TPSA) is 17.8 Å². The summed E-state index contributed by atoms with van der Waals surface area (Å²) in [5.41, 5.74) is 0.354. The molecule has 1 aliphatic rings. The number of imidazole rings is 1. The minimum absolute atomic E-state index is 0.248. The van der Waals surface area contributed by atoms with Gasteiger partial charge in [-0.2, -0.15) is 13.2 Å². The lowest BCUT2D eigenvalue weighted by Crippen LogP contribution is -2.07. The van der Waals surface area contributed by atoms with E-state index in [9.17, 15) is 17.6 Å². The van der Waals surface area contributed by atoms with Gasteiger partial charge in [-0.05, 0) is 30.3 Å². The maximum absolute atomic E-state index is 14.2. The summed E-state index contributed by atoms with van der Waals surface area (Å²) in [6.07, 6.45) is -4.43. The summed E-state index contributed by atoms with van der Waals surface area (Å²) in [7, 11) is 0. The highest BCUT2D eigenvalue weighted by molar-refractivity contribution is 7.99. The Morgan fingerprint density at radius 2 is 2.00 bits per heavy atom. The lowest BCUT2D eigenvalue weighted by atomic mass is 10.1. The van der Waals surface area contributed by atoms with Gasteiger partial charge >= 0.3 is 6.18 Å². The molecule has 1 unspecified atom stereocenters. The van der Waals surface area contributed by atoms with E-state index in [0.717, 1.165) is 12.1 Å². The van der Waals surface area contributed by atoms with E-state index < -0.39 is 22.9 Å². The molecule has 0 spiro atoms. The fourth-order valence-corrected chi connectivity index (χ4v) is 4.51. The van der Waals surface area contributed by atoms with Crippen LogP contribution in [0.1, 0.15) is 22.3 Å². The number of aromatic nitrogens is 2. The van der Waals surface area contributed by atoms with Crippen molar-refractivity contribution in [2.75, 3.05) is 0 Å². The van der Waals surface area contributed by atoms with Crippen LogP contribution in [0.5, 0.6) is 0 Å². The van der Waals surface area contributed by atoms with E-state index in [2.05, 4.69) is 4.98 Å². The van der Waals surface area contributed by atoms with Crippen LogP contribution < -0.4 is 0 Å².